The van der Waals surface area contributed by atoms with Gasteiger partial charge in [0.25, 0.3) is 0 Å². The number of nitriles is 1. The molecule has 3 aromatic rings. The van der Waals surface area contributed by atoms with Gasteiger partial charge in [0.1, 0.15) is 23.1 Å². The van der Waals surface area contributed by atoms with Crippen LogP contribution in [-0.2, 0) is 0 Å². The van der Waals surface area contributed by atoms with E-state index in [1.165, 1.54) is 12.8 Å². The lowest BCUT2D eigenvalue weighted by Gasteiger charge is -2.35. The van der Waals surface area contributed by atoms with Crippen LogP contribution in [0, 0.1) is 23.2 Å². The predicted octanol–water partition coefficient (Wildman–Crippen LogP) is 5.22. The molecule has 1 fully saturated rings. The molecule has 3 atom stereocenters. The Balaban J connectivity index is 1.74. The summed E-state index contributed by atoms with van der Waals surface area (Å²) in [7, 11) is 0. The van der Waals surface area contributed by atoms with Crippen molar-refractivity contribution < 1.29 is 4.74 Å². The van der Waals surface area contributed by atoms with Gasteiger partial charge in [-0.15, -0.1) is 0 Å². The van der Waals surface area contributed by atoms with Gasteiger partial charge in [-0.25, -0.2) is 9.50 Å². The third kappa shape index (κ3) is 3.69. The van der Waals surface area contributed by atoms with E-state index >= 15 is 0 Å². The molecule has 29 heavy (non-hydrogen) atoms. The first-order valence-corrected chi connectivity index (χ1v) is 10.5. The van der Waals surface area contributed by atoms with E-state index in [4.69, 9.17) is 9.72 Å². The number of aromatic nitrogens is 3. The smallest absolute Gasteiger partial charge is 0.173 e. The highest BCUT2D eigenvalue weighted by molar-refractivity contribution is 5.78. The fourth-order valence-corrected chi connectivity index (χ4v) is 4.26. The number of anilines is 1. The minimum Gasteiger partial charge on any atom is -0.491 e. The summed E-state index contributed by atoms with van der Waals surface area (Å²) in [4.78, 5) is 4.82. The molecule has 0 saturated heterocycles. The van der Waals surface area contributed by atoms with Gasteiger partial charge in [-0.3, -0.25) is 5.10 Å². The highest BCUT2D eigenvalue weighted by Gasteiger charge is 2.29. The number of nitrogens with zero attached hydrogens (tertiary/aromatic N) is 3. The van der Waals surface area contributed by atoms with Gasteiger partial charge in [0, 0.05) is 17.8 Å². The summed E-state index contributed by atoms with van der Waals surface area (Å²) >= 11 is 0. The molecule has 0 amide bonds. The van der Waals surface area contributed by atoms with Crippen LogP contribution in [0.3, 0.4) is 0 Å². The summed E-state index contributed by atoms with van der Waals surface area (Å²) in [5, 5.41) is 16.4. The van der Waals surface area contributed by atoms with Gasteiger partial charge in [0.15, 0.2) is 11.5 Å². The van der Waals surface area contributed by atoms with E-state index in [1.807, 2.05) is 42.6 Å². The summed E-state index contributed by atoms with van der Waals surface area (Å²) in [5.74, 6) is 3.04. The molecule has 2 N–H and O–H groups in total. The maximum absolute atomic E-state index is 9.45. The van der Waals surface area contributed by atoms with Crippen molar-refractivity contribution in [1.29, 1.82) is 5.26 Å². The third-order valence-electron chi connectivity index (χ3n) is 6.11. The topological polar surface area (TPSA) is 78.1 Å². The Morgan fingerprint density at radius 2 is 2.00 bits per heavy atom. The zero-order valence-corrected chi connectivity index (χ0v) is 17.6. The van der Waals surface area contributed by atoms with Crippen LogP contribution in [0.5, 0.6) is 5.75 Å². The predicted molar refractivity (Wildman–Crippen MR) is 115 cm³/mol. The van der Waals surface area contributed by atoms with Crippen LogP contribution in [0.4, 0.5) is 5.82 Å². The summed E-state index contributed by atoms with van der Waals surface area (Å²) in [5.41, 5.74) is 3.06. The summed E-state index contributed by atoms with van der Waals surface area (Å²) in [6, 6.07) is 10.6. The van der Waals surface area contributed by atoms with Crippen molar-refractivity contribution in [3.05, 3.63) is 36.0 Å². The highest BCUT2D eigenvalue weighted by Crippen LogP contribution is 2.36. The molecule has 6 heteroatoms. The van der Waals surface area contributed by atoms with Crippen LogP contribution in [0.15, 0.2) is 30.5 Å². The molecular weight excluding hydrogens is 362 g/mol. The molecular formula is C23H29N5O. The number of hydrogen-bond donors (Lipinski definition) is 2. The van der Waals surface area contributed by atoms with Crippen LogP contribution in [0.1, 0.15) is 52.5 Å². The van der Waals surface area contributed by atoms with Crippen molar-refractivity contribution >= 4 is 11.5 Å². The first-order chi connectivity index (χ1) is 14.0. The van der Waals surface area contributed by atoms with Gasteiger partial charge < -0.3 is 10.1 Å². The monoisotopic (exact) mass is 391 g/mol. The van der Waals surface area contributed by atoms with E-state index in [1.54, 1.807) is 6.20 Å². The zero-order valence-electron chi connectivity index (χ0n) is 17.6. The van der Waals surface area contributed by atoms with Crippen molar-refractivity contribution in [2.45, 2.75) is 59.1 Å². The molecule has 1 saturated carbocycles. The summed E-state index contributed by atoms with van der Waals surface area (Å²) in [6.45, 7) is 8.70. The third-order valence-corrected chi connectivity index (χ3v) is 6.11. The fourth-order valence-electron chi connectivity index (χ4n) is 4.26. The van der Waals surface area contributed by atoms with Gasteiger partial charge in [0.2, 0.25) is 0 Å². The Kier molecular flexibility index (Phi) is 5.23. The molecule has 152 valence electrons. The number of H-pyrrole nitrogens is 1. The van der Waals surface area contributed by atoms with Gasteiger partial charge in [-0.05, 0) is 56.4 Å². The van der Waals surface area contributed by atoms with Crippen LogP contribution >= 0.6 is 0 Å². The average molecular weight is 392 g/mol. The molecule has 0 bridgehead atoms. The van der Waals surface area contributed by atoms with Crippen LogP contribution in [-0.4, -0.2) is 26.7 Å². The second-order valence-corrected chi connectivity index (χ2v) is 8.48. The maximum atomic E-state index is 9.45. The lowest BCUT2D eigenvalue weighted by Crippen LogP contribution is -2.35. The Morgan fingerprint density at radius 1 is 1.24 bits per heavy atom. The average Bonchev–Trinajstić information content (AvgIpc) is 3.25. The lowest BCUT2D eigenvalue weighted by atomic mass is 9.78. The number of fused-ring (bicyclic) bond motifs is 1. The lowest BCUT2D eigenvalue weighted by molar-refractivity contribution is 0.242. The fraction of sp³-hybridized carbons (Fsp3) is 0.478. The van der Waals surface area contributed by atoms with Crippen molar-refractivity contribution in [2.24, 2.45) is 11.8 Å². The number of hydrogen-bond acceptors (Lipinski definition) is 4. The quantitative estimate of drug-likeness (QED) is 0.625. The Hall–Kier alpha value is -2.94. The van der Waals surface area contributed by atoms with Crippen molar-refractivity contribution in [2.75, 3.05) is 5.32 Å². The van der Waals surface area contributed by atoms with E-state index in [2.05, 4.69) is 30.3 Å². The molecule has 2 heterocycles. The molecule has 4 rings (SSSR count). The van der Waals surface area contributed by atoms with Crippen LogP contribution in [0.2, 0.25) is 0 Å². The second kappa shape index (κ2) is 7.82. The molecule has 1 aliphatic rings. The first kappa shape index (κ1) is 19.4. The molecule has 2 aromatic heterocycles. The minimum absolute atomic E-state index is 0.136. The largest absolute Gasteiger partial charge is 0.491 e. The Labute approximate surface area is 171 Å². The maximum Gasteiger partial charge on any atom is 0.173 e. The zero-order chi connectivity index (χ0) is 20.5. The van der Waals surface area contributed by atoms with E-state index in [-0.39, 0.29) is 6.10 Å². The molecule has 0 aliphatic heterocycles. The SMILES string of the molecule is CC(C)Oc1ccc(-c2nc3c(C#N)c[nH]n3c2NC2CCCC(C)C2C)cc1. The Morgan fingerprint density at radius 3 is 2.69 bits per heavy atom. The number of ether oxygens (including phenoxy) is 1. The van der Waals surface area contributed by atoms with Gasteiger partial charge in [0.05, 0.1) is 6.10 Å². The van der Waals surface area contributed by atoms with Crippen LogP contribution in [0.25, 0.3) is 16.9 Å². The van der Waals surface area contributed by atoms with Crippen molar-refractivity contribution in [3.63, 3.8) is 0 Å². The number of rotatable bonds is 5. The number of benzene rings is 1. The van der Waals surface area contributed by atoms with Crippen molar-refractivity contribution in [3.8, 4) is 23.1 Å². The second-order valence-electron chi connectivity index (χ2n) is 8.48. The van der Waals surface area contributed by atoms with Crippen molar-refractivity contribution in [1.82, 2.24) is 14.6 Å². The number of aromatic amines is 1. The molecule has 1 aromatic carbocycles. The molecule has 3 unspecified atom stereocenters. The normalized spacial score (nSPS) is 22.0. The Bertz CT molecular complexity index is 1020. The van der Waals surface area contributed by atoms with E-state index in [9.17, 15) is 5.26 Å². The highest BCUT2D eigenvalue weighted by atomic mass is 16.5. The van der Waals surface area contributed by atoms with E-state index < -0.39 is 0 Å². The number of imidazole rings is 1. The first-order valence-electron chi connectivity index (χ1n) is 10.5. The van der Waals surface area contributed by atoms with E-state index in [0.717, 1.165) is 29.2 Å². The molecule has 6 nitrogen and oxygen atoms in total. The standard InChI is InChI=1S/C23H29N5O/c1-14(2)29-19-10-8-17(9-11-19)21-23(26-20-7-5-6-15(3)16(20)4)28-22(27-21)18(12-24)13-25-28/h8-11,13-16,20,25-26H,5-7H2,1-4H3. The van der Waals surface area contributed by atoms with E-state index in [0.29, 0.717) is 29.1 Å². The summed E-state index contributed by atoms with van der Waals surface area (Å²) < 4.78 is 7.67. The molecule has 0 spiro atoms. The van der Waals surface area contributed by atoms with Gasteiger partial charge in [-0.1, -0.05) is 26.7 Å². The minimum atomic E-state index is 0.136. The van der Waals surface area contributed by atoms with Gasteiger partial charge >= 0.3 is 0 Å². The molecule has 0 radical (unpaired) electrons. The number of nitrogens with one attached hydrogen (secondary N) is 2. The van der Waals surface area contributed by atoms with Gasteiger partial charge in [-0.2, -0.15) is 5.26 Å². The molecule has 1 aliphatic carbocycles. The van der Waals surface area contributed by atoms with Crippen LogP contribution < -0.4 is 10.1 Å². The summed E-state index contributed by atoms with van der Waals surface area (Å²) in [6.07, 6.45) is 5.51.